The maximum atomic E-state index is 11.9. The number of aliphatic hydroxyl groups is 1. The number of halogens is 1. The first-order valence-corrected chi connectivity index (χ1v) is 7.45. The summed E-state index contributed by atoms with van der Waals surface area (Å²) in [6.07, 6.45) is -0.147. The minimum atomic E-state index is -1.37. The lowest BCUT2D eigenvalue weighted by atomic mass is 10.1. The number of nitrogens with two attached hydrogens (primary N) is 1. The Balaban J connectivity index is 0. The summed E-state index contributed by atoms with van der Waals surface area (Å²) >= 11 is 0. The molecule has 0 fully saturated rings. The molecule has 0 aromatic carbocycles. The number of ether oxygens (including phenoxy) is 1. The van der Waals surface area contributed by atoms with Gasteiger partial charge in [0.1, 0.15) is 12.1 Å². The van der Waals surface area contributed by atoms with Crippen LogP contribution in [-0.4, -0.2) is 80.3 Å². The zero-order valence-electron chi connectivity index (χ0n) is 14.6. The molecule has 3 atom stereocenters. The van der Waals surface area contributed by atoms with Crippen LogP contribution >= 0.6 is 12.4 Å². The molecule has 10 heteroatoms. The van der Waals surface area contributed by atoms with Crippen LogP contribution in [0.3, 0.4) is 0 Å². The van der Waals surface area contributed by atoms with Gasteiger partial charge in [0.2, 0.25) is 11.8 Å². The molecule has 0 saturated carbocycles. The van der Waals surface area contributed by atoms with E-state index >= 15 is 0 Å². The molecule has 142 valence electrons. The van der Waals surface area contributed by atoms with Crippen LogP contribution in [0.15, 0.2) is 0 Å². The average molecular weight is 369 g/mol. The van der Waals surface area contributed by atoms with E-state index in [4.69, 9.17) is 10.5 Å². The summed E-state index contributed by atoms with van der Waals surface area (Å²) in [5.74, 6) is -1.60. The summed E-state index contributed by atoms with van der Waals surface area (Å²) in [4.78, 5) is 36.7. The van der Waals surface area contributed by atoms with Gasteiger partial charge in [-0.25, -0.2) is 0 Å². The number of nitrogens with zero attached hydrogens (tertiary/aromatic N) is 1. The molecule has 0 radical (unpaired) electrons. The molecule has 0 aromatic rings. The van der Waals surface area contributed by atoms with Gasteiger partial charge in [0.25, 0.3) is 5.91 Å². The largest absolute Gasteiger partial charge is 0.382 e. The number of carbonyl (C=O) groups excluding carboxylic acids is 3. The summed E-state index contributed by atoms with van der Waals surface area (Å²) < 4.78 is 4.89. The van der Waals surface area contributed by atoms with Crippen molar-refractivity contribution < 1.29 is 24.2 Å². The molecule has 0 heterocycles. The first-order valence-electron chi connectivity index (χ1n) is 7.45. The molecule has 0 aliphatic heterocycles. The number of methoxy groups -OCH3 is 1. The fourth-order valence-electron chi connectivity index (χ4n) is 1.86. The lowest BCUT2D eigenvalue weighted by Crippen LogP contribution is -2.53. The minimum Gasteiger partial charge on any atom is -0.382 e. The van der Waals surface area contributed by atoms with E-state index in [0.717, 1.165) is 6.42 Å². The molecule has 0 bridgehead atoms. The van der Waals surface area contributed by atoms with Crippen LogP contribution in [0, 0.1) is 0 Å². The second kappa shape index (κ2) is 12.9. The van der Waals surface area contributed by atoms with E-state index in [1.54, 1.807) is 14.1 Å². The van der Waals surface area contributed by atoms with E-state index in [2.05, 4.69) is 10.6 Å². The number of amides is 3. The summed E-state index contributed by atoms with van der Waals surface area (Å²) in [6, 6.07) is -1.52. The maximum absolute atomic E-state index is 11.9. The Bertz CT molecular complexity index is 409. The van der Waals surface area contributed by atoms with Crippen LogP contribution < -0.4 is 16.4 Å². The molecule has 0 aliphatic carbocycles. The van der Waals surface area contributed by atoms with Gasteiger partial charge in [0.15, 0.2) is 0 Å². The van der Waals surface area contributed by atoms with Gasteiger partial charge < -0.3 is 31.1 Å². The summed E-state index contributed by atoms with van der Waals surface area (Å²) in [5, 5.41) is 14.5. The molecule has 3 amide bonds. The molecule has 2 unspecified atom stereocenters. The third kappa shape index (κ3) is 9.02. The predicted molar refractivity (Wildman–Crippen MR) is 91.6 cm³/mol. The number of likely N-dealkylation sites (N-methyl/N-ethyl adjacent to an activating group) is 1. The third-order valence-electron chi connectivity index (χ3n) is 3.13. The highest BCUT2D eigenvalue weighted by molar-refractivity contribution is 5.90. The Morgan fingerprint density at radius 1 is 1.29 bits per heavy atom. The number of hydrogen-bond donors (Lipinski definition) is 4. The van der Waals surface area contributed by atoms with Gasteiger partial charge in [-0.3, -0.25) is 14.4 Å². The van der Waals surface area contributed by atoms with Gasteiger partial charge in [-0.15, -0.1) is 12.4 Å². The molecule has 9 nitrogen and oxygen atoms in total. The van der Waals surface area contributed by atoms with Gasteiger partial charge >= 0.3 is 0 Å². The molecule has 24 heavy (non-hydrogen) atoms. The molecule has 5 N–H and O–H groups in total. The summed E-state index contributed by atoms with van der Waals surface area (Å²) in [7, 11) is 4.53. The zero-order valence-corrected chi connectivity index (χ0v) is 15.4. The Kier molecular flexibility index (Phi) is 13.4. The lowest BCUT2D eigenvalue weighted by molar-refractivity contribution is -0.136. The van der Waals surface area contributed by atoms with Crippen molar-refractivity contribution in [2.24, 2.45) is 5.73 Å². The van der Waals surface area contributed by atoms with Crippen molar-refractivity contribution in [1.29, 1.82) is 0 Å². The summed E-state index contributed by atoms with van der Waals surface area (Å²) in [6.45, 7) is 1.53. The van der Waals surface area contributed by atoms with E-state index in [9.17, 15) is 19.5 Å². The van der Waals surface area contributed by atoms with Crippen LogP contribution in [0.25, 0.3) is 0 Å². The molecule has 0 spiro atoms. The number of aliphatic hydroxyl groups excluding tert-OH is 1. The van der Waals surface area contributed by atoms with Crippen molar-refractivity contribution in [3.05, 3.63) is 0 Å². The van der Waals surface area contributed by atoms with Gasteiger partial charge in [0, 0.05) is 27.2 Å². The average Bonchev–Trinajstić information content (AvgIpc) is 2.50. The molecule has 0 rings (SSSR count). The smallest absolute Gasteiger partial charge is 0.250 e. The Hall–Kier alpha value is -1.42. The standard InChI is InChI=1S/C14H28N4O5.ClH/c1-5-6-9(15)12(20)13(21)16-7-11(19)17-10(8-23-4)14(22)18(2)3;/h9-10,12,20H,5-8,15H2,1-4H3,(H,16,21)(H,17,19);1H/t9-,10?,12?;/m0./s1. The molecule has 0 aliphatic rings. The van der Waals surface area contributed by atoms with E-state index in [-0.39, 0.29) is 31.5 Å². The third-order valence-corrected chi connectivity index (χ3v) is 3.13. The zero-order chi connectivity index (χ0) is 18.0. The fraction of sp³-hybridized carbons (Fsp3) is 0.786. The van der Waals surface area contributed by atoms with Gasteiger partial charge in [-0.05, 0) is 6.42 Å². The molecular weight excluding hydrogens is 340 g/mol. The van der Waals surface area contributed by atoms with Crippen molar-refractivity contribution in [3.8, 4) is 0 Å². The van der Waals surface area contributed by atoms with Crippen molar-refractivity contribution in [2.45, 2.75) is 38.0 Å². The SMILES string of the molecule is CCC[C@H](N)C(O)C(=O)NCC(=O)NC(COC)C(=O)N(C)C.Cl. The molecule has 0 aromatic heterocycles. The van der Waals surface area contributed by atoms with Gasteiger partial charge in [-0.1, -0.05) is 13.3 Å². The first-order chi connectivity index (χ1) is 10.7. The van der Waals surface area contributed by atoms with Crippen LogP contribution in [-0.2, 0) is 19.1 Å². The number of carbonyl (C=O) groups is 3. The van der Waals surface area contributed by atoms with E-state index in [0.29, 0.717) is 6.42 Å². The number of nitrogens with one attached hydrogen (secondary N) is 2. The topological polar surface area (TPSA) is 134 Å². The highest BCUT2D eigenvalue weighted by Crippen LogP contribution is 1.99. The lowest BCUT2D eigenvalue weighted by Gasteiger charge is -2.21. The van der Waals surface area contributed by atoms with Crippen LogP contribution in [0.5, 0.6) is 0 Å². The Morgan fingerprint density at radius 3 is 2.33 bits per heavy atom. The highest BCUT2D eigenvalue weighted by Gasteiger charge is 2.25. The van der Waals surface area contributed by atoms with Crippen molar-refractivity contribution in [3.63, 3.8) is 0 Å². The quantitative estimate of drug-likeness (QED) is 0.360. The van der Waals surface area contributed by atoms with Gasteiger partial charge in [0.05, 0.1) is 13.2 Å². The van der Waals surface area contributed by atoms with E-state index < -0.39 is 30.0 Å². The predicted octanol–water partition coefficient (Wildman–Crippen LogP) is -1.77. The van der Waals surface area contributed by atoms with Gasteiger partial charge in [-0.2, -0.15) is 0 Å². The number of rotatable bonds is 10. The normalized spacial score (nSPS) is 13.9. The molecular formula is C14H29ClN4O5. The maximum Gasteiger partial charge on any atom is 0.250 e. The monoisotopic (exact) mass is 368 g/mol. The van der Waals surface area contributed by atoms with E-state index in [1.807, 2.05) is 6.92 Å². The summed E-state index contributed by atoms with van der Waals surface area (Å²) in [5.41, 5.74) is 5.65. The Labute approximate surface area is 148 Å². The van der Waals surface area contributed by atoms with Crippen molar-refractivity contribution in [1.82, 2.24) is 15.5 Å². The fourth-order valence-corrected chi connectivity index (χ4v) is 1.86. The first kappa shape index (κ1) is 24.8. The van der Waals surface area contributed by atoms with Crippen LogP contribution in [0.4, 0.5) is 0 Å². The van der Waals surface area contributed by atoms with E-state index in [1.165, 1.54) is 12.0 Å². The second-order valence-corrected chi connectivity index (χ2v) is 5.42. The van der Waals surface area contributed by atoms with Crippen LogP contribution in [0.1, 0.15) is 19.8 Å². The minimum absolute atomic E-state index is 0. The number of hydrogen-bond acceptors (Lipinski definition) is 6. The second-order valence-electron chi connectivity index (χ2n) is 5.42. The molecule has 0 saturated heterocycles. The van der Waals surface area contributed by atoms with Crippen molar-refractivity contribution >= 4 is 30.1 Å². The highest BCUT2D eigenvalue weighted by atomic mass is 35.5. The van der Waals surface area contributed by atoms with Crippen molar-refractivity contribution in [2.75, 3.05) is 34.4 Å². The van der Waals surface area contributed by atoms with Crippen LogP contribution in [0.2, 0.25) is 0 Å². The Morgan fingerprint density at radius 2 is 1.88 bits per heavy atom.